The highest BCUT2D eigenvalue weighted by molar-refractivity contribution is 5.98. The monoisotopic (exact) mass is 256 g/mol. The highest BCUT2D eigenvalue weighted by Gasteiger charge is 2.38. The van der Waals surface area contributed by atoms with Crippen LogP contribution in [0.1, 0.15) is 36.0 Å². The molecule has 19 heavy (non-hydrogen) atoms. The lowest BCUT2D eigenvalue weighted by Crippen LogP contribution is -2.30. The molecule has 0 saturated carbocycles. The first-order chi connectivity index (χ1) is 9.29. The molecule has 2 unspecified atom stereocenters. The largest absolute Gasteiger partial charge is 0.375 e. The Bertz CT molecular complexity index is 622. The number of ketones is 1. The molecule has 4 heteroatoms. The second kappa shape index (κ2) is 4.17. The van der Waals surface area contributed by atoms with E-state index in [2.05, 4.69) is 4.98 Å². The summed E-state index contributed by atoms with van der Waals surface area (Å²) in [5.74, 6) is 0.392. The standard InChI is InChI=1S/C15H16N2O2/c18-15(11-7-12-2-3-13(8-11)19-12)10-1-4-14-16-5-6-17(14)9-10/h1,4-6,9,11-13H,2-3,7-8H2. The minimum Gasteiger partial charge on any atom is -0.375 e. The van der Waals surface area contributed by atoms with E-state index in [1.54, 1.807) is 6.20 Å². The number of nitrogens with zero attached hydrogens (tertiary/aromatic N) is 2. The Morgan fingerprint density at radius 2 is 2.05 bits per heavy atom. The molecule has 0 spiro atoms. The number of Topliss-reactive ketones (excluding diaryl/α,β-unsaturated/α-hetero) is 1. The van der Waals surface area contributed by atoms with Crippen molar-refractivity contribution in [3.63, 3.8) is 0 Å². The van der Waals surface area contributed by atoms with Crippen molar-refractivity contribution in [1.82, 2.24) is 9.38 Å². The predicted molar refractivity (Wildman–Crippen MR) is 70.1 cm³/mol. The first kappa shape index (κ1) is 11.2. The number of hydrogen-bond acceptors (Lipinski definition) is 3. The van der Waals surface area contributed by atoms with Crippen molar-refractivity contribution in [2.24, 2.45) is 5.92 Å². The van der Waals surface area contributed by atoms with Crippen LogP contribution in [-0.2, 0) is 4.74 Å². The fraction of sp³-hybridized carbons (Fsp3) is 0.467. The summed E-state index contributed by atoms with van der Waals surface area (Å²) in [6.07, 6.45) is 10.1. The lowest BCUT2D eigenvalue weighted by atomic mass is 9.88. The van der Waals surface area contributed by atoms with Gasteiger partial charge in [0.2, 0.25) is 0 Å². The highest BCUT2D eigenvalue weighted by Crippen LogP contribution is 2.37. The molecule has 2 bridgehead atoms. The first-order valence-electron chi connectivity index (χ1n) is 6.92. The molecule has 0 aromatic carbocycles. The third kappa shape index (κ3) is 1.87. The number of aromatic nitrogens is 2. The summed E-state index contributed by atoms with van der Waals surface area (Å²) in [5.41, 5.74) is 1.67. The van der Waals surface area contributed by atoms with E-state index >= 15 is 0 Å². The summed E-state index contributed by atoms with van der Waals surface area (Å²) in [6, 6.07) is 3.79. The average Bonchev–Trinajstić information content (AvgIpc) is 3.03. The molecule has 98 valence electrons. The molecule has 0 amide bonds. The lowest BCUT2D eigenvalue weighted by molar-refractivity contribution is -0.0149. The number of hydrogen-bond donors (Lipinski definition) is 0. The van der Waals surface area contributed by atoms with Crippen LogP contribution in [0.25, 0.3) is 5.65 Å². The second-order valence-electron chi connectivity index (χ2n) is 5.60. The van der Waals surface area contributed by atoms with Gasteiger partial charge in [-0.25, -0.2) is 4.98 Å². The van der Waals surface area contributed by atoms with Gasteiger partial charge in [0, 0.05) is 30.1 Å². The van der Waals surface area contributed by atoms with Gasteiger partial charge in [0.25, 0.3) is 0 Å². The predicted octanol–water partition coefficient (Wildman–Crippen LogP) is 2.47. The zero-order chi connectivity index (χ0) is 12.8. The molecule has 2 atom stereocenters. The molecule has 2 aromatic heterocycles. The summed E-state index contributed by atoms with van der Waals surface area (Å²) in [7, 11) is 0. The number of ether oxygens (including phenoxy) is 1. The number of carbonyl (C=O) groups excluding carboxylic acids is 1. The van der Waals surface area contributed by atoms with Crippen LogP contribution in [0.3, 0.4) is 0 Å². The summed E-state index contributed by atoms with van der Waals surface area (Å²) >= 11 is 0. The van der Waals surface area contributed by atoms with E-state index in [0.29, 0.717) is 12.2 Å². The van der Waals surface area contributed by atoms with Crippen molar-refractivity contribution in [2.45, 2.75) is 37.9 Å². The topological polar surface area (TPSA) is 43.6 Å². The lowest BCUT2D eigenvalue weighted by Gasteiger charge is -2.27. The van der Waals surface area contributed by atoms with Gasteiger partial charge in [0.15, 0.2) is 5.78 Å². The summed E-state index contributed by atoms with van der Waals surface area (Å²) in [4.78, 5) is 16.8. The fourth-order valence-electron chi connectivity index (χ4n) is 3.37. The van der Waals surface area contributed by atoms with Crippen molar-refractivity contribution in [3.8, 4) is 0 Å². The van der Waals surface area contributed by atoms with E-state index in [-0.39, 0.29) is 11.7 Å². The molecule has 2 aliphatic heterocycles. The third-order valence-corrected chi connectivity index (χ3v) is 4.33. The van der Waals surface area contributed by atoms with Crippen LogP contribution >= 0.6 is 0 Å². The van der Waals surface area contributed by atoms with Crippen molar-refractivity contribution >= 4 is 11.4 Å². The number of fused-ring (bicyclic) bond motifs is 3. The third-order valence-electron chi connectivity index (χ3n) is 4.33. The van der Waals surface area contributed by atoms with Gasteiger partial charge in [-0.05, 0) is 37.8 Å². The summed E-state index contributed by atoms with van der Waals surface area (Å²) in [6.45, 7) is 0. The summed E-state index contributed by atoms with van der Waals surface area (Å²) in [5, 5.41) is 0. The Labute approximate surface area is 111 Å². The molecule has 4 nitrogen and oxygen atoms in total. The molecule has 4 rings (SSSR count). The van der Waals surface area contributed by atoms with Gasteiger partial charge in [-0.3, -0.25) is 4.79 Å². The first-order valence-corrected chi connectivity index (χ1v) is 6.92. The minimum atomic E-state index is 0.132. The summed E-state index contributed by atoms with van der Waals surface area (Å²) < 4.78 is 7.71. The van der Waals surface area contributed by atoms with Crippen LogP contribution in [0.4, 0.5) is 0 Å². The van der Waals surface area contributed by atoms with E-state index in [9.17, 15) is 4.79 Å². The zero-order valence-electron chi connectivity index (χ0n) is 10.7. The molecule has 2 aromatic rings. The van der Waals surface area contributed by atoms with Crippen LogP contribution in [0.2, 0.25) is 0 Å². The maximum absolute atomic E-state index is 12.6. The Kier molecular flexibility index (Phi) is 2.45. The van der Waals surface area contributed by atoms with E-state index in [4.69, 9.17) is 4.74 Å². The molecule has 0 radical (unpaired) electrons. The van der Waals surface area contributed by atoms with E-state index in [0.717, 1.165) is 36.9 Å². The number of imidazole rings is 1. The Hall–Kier alpha value is -1.68. The van der Waals surface area contributed by atoms with Gasteiger partial charge >= 0.3 is 0 Å². The van der Waals surface area contributed by atoms with Crippen LogP contribution in [0.5, 0.6) is 0 Å². The number of pyridine rings is 1. The molecule has 2 saturated heterocycles. The average molecular weight is 256 g/mol. The molecule has 0 aliphatic carbocycles. The minimum absolute atomic E-state index is 0.132. The van der Waals surface area contributed by atoms with Gasteiger partial charge in [0.05, 0.1) is 12.2 Å². The molecular weight excluding hydrogens is 240 g/mol. The van der Waals surface area contributed by atoms with Crippen LogP contribution in [0.15, 0.2) is 30.7 Å². The maximum atomic E-state index is 12.6. The molecule has 0 N–H and O–H groups in total. The van der Waals surface area contributed by atoms with Crippen LogP contribution < -0.4 is 0 Å². The SMILES string of the molecule is O=C(c1ccc2nccn2c1)C1CC2CCC(C1)O2. The van der Waals surface area contributed by atoms with Crippen LogP contribution in [-0.4, -0.2) is 27.4 Å². The van der Waals surface area contributed by atoms with E-state index in [1.165, 1.54) is 0 Å². The Balaban J connectivity index is 1.62. The molecule has 4 heterocycles. The molecule has 2 fully saturated rings. The zero-order valence-corrected chi connectivity index (χ0v) is 10.7. The maximum Gasteiger partial charge on any atom is 0.167 e. The van der Waals surface area contributed by atoms with Crippen molar-refractivity contribution in [2.75, 3.05) is 0 Å². The van der Waals surface area contributed by atoms with Crippen molar-refractivity contribution in [1.29, 1.82) is 0 Å². The van der Waals surface area contributed by atoms with Gasteiger partial charge in [-0.1, -0.05) is 0 Å². The Morgan fingerprint density at radius 1 is 1.26 bits per heavy atom. The fourth-order valence-corrected chi connectivity index (χ4v) is 3.37. The van der Waals surface area contributed by atoms with Crippen LogP contribution in [0, 0.1) is 5.92 Å². The van der Waals surface area contributed by atoms with Gasteiger partial charge in [-0.2, -0.15) is 0 Å². The van der Waals surface area contributed by atoms with Gasteiger partial charge in [-0.15, -0.1) is 0 Å². The molecule has 2 aliphatic rings. The van der Waals surface area contributed by atoms with E-state index in [1.807, 2.05) is 28.9 Å². The Morgan fingerprint density at radius 3 is 2.84 bits per heavy atom. The highest BCUT2D eigenvalue weighted by atomic mass is 16.5. The smallest absolute Gasteiger partial charge is 0.167 e. The van der Waals surface area contributed by atoms with Crippen molar-refractivity contribution in [3.05, 3.63) is 36.3 Å². The second-order valence-corrected chi connectivity index (χ2v) is 5.60. The number of carbonyl (C=O) groups is 1. The quantitative estimate of drug-likeness (QED) is 0.775. The van der Waals surface area contributed by atoms with Gasteiger partial charge < -0.3 is 9.14 Å². The van der Waals surface area contributed by atoms with Crippen molar-refractivity contribution < 1.29 is 9.53 Å². The van der Waals surface area contributed by atoms with E-state index < -0.39 is 0 Å². The van der Waals surface area contributed by atoms with Gasteiger partial charge in [0.1, 0.15) is 5.65 Å². The normalized spacial score (nSPS) is 29.8. The molecular formula is C15H16N2O2. The number of rotatable bonds is 2.